The summed E-state index contributed by atoms with van der Waals surface area (Å²) in [6.45, 7) is 1.82. The van der Waals surface area contributed by atoms with Crippen molar-refractivity contribution in [3.05, 3.63) is 86.6 Å². The fourth-order valence-electron chi connectivity index (χ4n) is 3.39. The highest BCUT2D eigenvalue weighted by atomic mass is 35.5. The second-order valence-electron chi connectivity index (χ2n) is 6.18. The van der Waals surface area contributed by atoms with Gasteiger partial charge in [-0.3, -0.25) is 0 Å². The normalized spacial score (nSPS) is 15.9. The van der Waals surface area contributed by atoms with Crippen LogP contribution in [0.3, 0.4) is 0 Å². The average Bonchev–Trinajstić information content (AvgIpc) is 2.67. The molecule has 142 valence electrons. The lowest BCUT2D eigenvalue weighted by Gasteiger charge is -2.28. The van der Waals surface area contributed by atoms with E-state index in [2.05, 4.69) is 0 Å². The van der Waals surface area contributed by atoms with E-state index >= 15 is 0 Å². The van der Waals surface area contributed by atoms with E-state index in [1.54, 1.807) is 55.5 Å². The van der Waals surface area contributed by atoms with E-state index in [4.69, 9.17) is 31.2 Å². The smallest absolute Gasteiger partial charge is 0.344 e. The quantitative estimate of drug-likeness (QED) is 0.535. The molecule has 0 spiro atoms. The molecule has 3 aromatic rings. The van der Waals surface area contributed by atoms with Gasteiger partial charge in [-0.2, -0.15) is 0 Å². The minimum atomic E-state index is -0.877. The van der Waals surface area contributed by atoms with Gasteiger partial charge in [0.15, 0.2) is 5.75 Å². The number of benzene rings is 2. The molecule has 0 bridgehead atoms. The van der Waals surface area contributed by atoms with Crippen LogP contribution in [0.15, 0.2) is 69.2 Å². The van der Waals surface area contributed by atoms with Crippen LogP contribution in [0.2, 0.25) is 5.02 Å². The van der Waals surface area contributed by atoms with Crippen LogP contribution in [0, 0.1) is 0 Å². The number of esters is 1. The van der Waals surface area contributed by atoms with Gasteiger partial charge in [0.2, 0.25) is 5.88 Å². The van der Waals surface area contributed by atoms with Crippen LogP contribution >= 0.6 is 11.6 Å². The Bertz CT molecular complexity index is 1180. The van der Waals surface area contributed by atoms with Crippen LogP contribution in [0.4, 0.5) is 0 Å². The molecule has 0 saturated heterocycles. The number of carbonyl (C=O) groups is 1. The molecule has 0 saturated carbocycles. The number of nitrogens with two attached hydrogens (primary N) is 1. The number of fused-ring (bicyclic) bond motifs is 3. The van der Waals surface area contributed by atoms with Gasteiger partial charge in [0.1, 0.15) is 11.2 Å². The molecule has 1 aliphatic rings. The second-order valence-corrected chi connectivity index (χ2v) is 6.59. The van der Waals surface area contributed by atoms with Gasteiger partial charge >= 0.3 is 11.6 Å². The fraction of sp³-hybridized carbons (Fsp3) is 0.143. The molecule has 1 aromatic heterocycles. The van der Waals surface area contributed by atoms with Crippen LogP contribution < -0.4 is 16.1 Å². The summed E-state index contributed by atoms with van der Waals surface area (Å²) in [5.74, 6) is -1.44. The Morgan fingerprint density at radius 2 is 1.89 bits per heavy atom. The Kier molecular flexibility index (Phi) is 4.57. The predicted octanol–water partition coefficient (Wildman–Crippen LogP) is 3.70. The lowest BCUT2D eigenvalue weighted by Crippen LogP contribution is -2.31. The van der Waals surface area contributed by atoms with Crippen molar-refractivity contribution >= 4 is 28.5 Å². The summed E-state index contributed by atoms with van der Waals surface area (Å²) in [7, 11) is 0. The van der Waals surface area contributed by atoms with Gasteiger partial charge < -0.3 is 19.6 Å². The zero-order valence-corrected chi connectivity index (χ0v) is 15.7. The van der Waals surface area contributed by atoms with Crippen molar-refractivity contribution in [1.29, 1.82) is 0 Å². The molecule has 2 N–H and O–H groups in total. The van der Waals surface area contributed by atoms with Crippen molar-refractivity contribution in [3.63, 3.8) is 0 Å². The third kappa shape index (κ3) is 2.82. The van der Waals surface area contributed by atoms with E-state index in [1.165, 1.54) is 0 Å². The van der Waals surface area contributed by atoms with Crippen LogP contribution in [0.1, 0.15) is 24.0 Å². The minimum absolute atomic E-state index is 0.0185. The highest BCUT2D eigenvalue weighted by Crippen LogP contribution is 2.45. The number of hydrogen-bond donors (Lipinski definition) is 1. The van der Waals surface area contributed by atoms with Crippen molar-refractivity contribution in [1.82, 2.24) is 0 Å². The molecule has 0 radical (unpaired) electrons. The van der Waals surface area contributed by atoms with E-state index in [-0.39, 0.29) is 29.4 Å². The maximum absolute atomic E-state index is 12.9. The number of carbonyl (C=O) groups excluding carboxylic acids is 1. The van der Waals surface area contributed by atoms with E-state index < -0.39 is 17.5 Å². The molecule has 4 rings (SSSR count). The molecule has 2 heterocycles. The number of para-hydroxylation sites is 1. The molecule has 0 amide bonds. The molecule has 2 aromatic carbocycles. The topological polar surface area (TPSA) is 91.8 Å². The molecular formula is C21H16ClNO5. The van der Waals surface area contributed by atoms with Crippen molar-refractivity contribution in [2.45, 2.75) is 12.8 Å². The molecule has 0 fully saturated rings. The van der Waals surface area contributed by atoms with Crippen LogP contribution in [-0.4, -0.2) is 12.6 Å². The lowest BCUT2D eigenvalue weighted by atomic mass is 9.83. The number of rotatable bonds is 3. The molecule has 0 aliphatic carbocycles. The van der Waals surface area contributed by atoms with Gasteiger partial charge in [0.05, 0.1) is 23.5 Å². The summed E-state index contributed by atoms with van der Waals surface area (Å²) in [5.41, 5.74) is 6.56. The zero-order valence-electron chi connectivity index (χ0n) is 14.9. The maximum Gasteiger partial charge on any atom is 0.344 e. The Morgan fingerprint density at radius 3 is 2.64 bits per heavy atom. The Labute approximate surface area is 165 Å². The number of halogens is 1. The largest absolute Gasteiger partial charge is 0.462 e. The number of ether oxygens (including phenoxy) is 2. The van der Waals surface area contributed by atoms with E-state index in [1.807, 2.05) is 0 Å². The Hall–Kier alpha value is -3.25. The van der Waals surface area contributed by atoms with Gasteiger partial charge in [0.25, 0.3) is 0 Å². The van der Waals surface area contributed by atoms with E-state index in [9.17, 15) is 9.59 Å². The fourth-order valence-corrected chi connectivity index (χ4v) is 3.64. The summed E-state index contributed by atoms with van der Waals surface area (Å²) in [6.07, 6.45) is 0. The SMILES string of the molecule is CCOC(=O)C1=C(N)Oc2c(c(=O)oc3ccccc23)[C@H]1c1ccccc1Cl. The first kappa shape index (κ1) is 18.1. The summed E-state index contributed by atoms with van der Waals surface area (Å²) in [5, 5.41) is 0.947. The van der Waals surface area contributed by atoms with Crippen molar-refractivity contribution < 1.29 is 18.7 Å². The summed E-state index contributed by atoms with van der Waals surface area (Å²) >= 11 is 6.40. The van der Waals surface area contributed by atoms with E-state index in [0.29, 0.717) is 21.6 Å². The van der Waals surface area contributed by atoms with Crippen molar-refractivity contribution in [2.24, 2.45) is 5.73 Å². The first-order valence-electron chi connectivity index (χ1n) is 8.67. The summed E-state index contributed by atoms with van der Waals surface area (Å²) in [4.78, 5) is 25.6. The van der Waals surface area contributed by atoms with Gasteiger partial charge in [-0.15, -0.1) is 0 Å². The van der Waals surface area contributed by atoms with Crippen molar-refractivity contribution in [2.75, 3.05) is 6.61 Å². The standard InChI is InChI=1S/C21H16ClNO5/c1-2-26-20(24)17-15(11-7-3-5-9-13(11)22)16-18(28-19(17)23)12-8-4-6-10-14(12)27-21(16)25/h3-10,15H,2,23H2,1H3/t15-/m1/s1. The summed E-state index contributed by atoms with van der Waals surface area (Å²) < 4.78 is 16.4. The van der Waals surface area contributed by atoms with Crippen molar-refractivity contribution in [3.8, 4) is 5.75 Å². The molecule has 1 atom stereocenters. The second kappa shape index (κ2) is 7.05. The van der Waals surface area contributed by atoms with Crippen LogP contribution in [-0.2, 0) is 9.53 Å². The molecule has 6 nitrogen and oxygen atoms in total. The highest BCUT2D eigenvalue weighted by Gasteiger charge is 2.40. The summed E-state index contributed by atoms with van der Waals surface area (Å²) in [6, 6.07) is 13.9. The Morgan fingerprint density at radius 1 is 1.18 bits per heavy atom. The highest BCUT2D eigenvalue weighted by molar-refractivity contribution is 6.31. The molecule has 28 heavy (non-hydrogen) atoms. The monoisotopic (exact) mass is 397 g/mol. The van der Waals surface area contributed by atoms with Gasteiger partial charge in [-0.1, -0.05) is 41.9 Å². The average molecular weight is 398 g/mol. The number of hydrogen-bond acceptors (Lipinski definition) is 6. The first-order chi connectivity index (χ1) is 13.5. The van der Waals surface area contributed by atoms with Gasteiger partial charge in [0, 0.05) is 5.02 Å². The molecule has 0 unspecified atom stereocenters. The van der Waals surface area contributed by atoms with Gasteiger partial charge in [-0.05, 0) is 30.7 Å². The third-order valence-corrected chi connectivity index (χ3v) is 4.91. The van der Waals surface area contributed by atoms with Crippen LogP contribution in [0.5, 0.6) is 5.75 Å². The zero-order chi connectivity index (χ0) is 19.8. The first-order valence-corrected chi connectivity index (χ1v) is 9.05. The minimum Gasteiger partial charge on any atom is -0.462 e. The lowest BCUT2D eigenvalue weighted by molar-refractivity contribution is -0.139. The Balaban J connectivity index is 2.07. The maximum atomic E-state index is 12.9. The van der Waals surface area contributed by atoms with Gasteiger partial charge in [-0.25, -0.2) is 9.59 Å². The molecule has 7 heteroatoms. The third-order valence-electron chi connectivity index (χ3n) is 4.57. The molecular weight excluding hydrogens is 382 g/mol. The van der Waals surface area contributed by atoms with Crippen LogP contribution in [0.25, 0.3) is 11.0 Å². The predicted molar refractivity (Wildman–Crippen MR) is 104 cm³/mol. The molecule has 1 aliphatic heterocycles. The van der Waals surface area contributed by atoms with E-state index in [0.717, 1.165) is 0 Å².